The Morgan fingerprint density at radius 2 is 2.39 bits per heavy atom. The number of rotatable bonds is 3. The fourth-order valence-corrected chi connectivity index (χ4v) is 2.47. The molecule has 2 rings (SSSR count). The number of nitrogens with one attached hydrogen (secondary N) is 1. The van der Waals surface area contributed by atoms with E-state index in [1.54, 1.807) is 23.9 Å². The molecule has 2 heterocycles. The number of aryl methyl sites for hydroxylation is 1. The number of thiazole rings is 1. The van der Waals surface area contributed by atoms with E-state index >= 15 is 0 Å². The van der Waals surface area contributed by atoms with Crippen LogP contribution in [0.3, 0.4) is 0 Å². The molecular formula is C9H7BrN4O3S. The van der Waals surface area contributed by atoms with Gasteiger partial charge in [0.25, 0.3) is 5.91 Å². The van der Waals surface area contributed by atoms with Crippen LogP contribution in [0.1, 0.15) is 10.5 Å². The quantitative estimate of drug-likeness (QED) is 0.691. The van der Waals surface area contributed by atoms with Gasteiger partial charge in [-0.25, -0.2) is 4.98 Å². The van der Waals surface area contributed by atoms with E-state index in [1.807, 2.05) is 0 Å². The molecule has 0 bridgehead atoms. The zero-order valence-electron chi connectivity index (χ0n) is 9.08. The van der Waals surface area contributed by atoms with Crippen LogP contribution in [0.2, 0.25) is 0 Å². The largest absolute Gasteiger partial charge is 0.345 e. The summed E-state index contributed by atoms with van der Waals surface area (Å²) in [5.74, 6) is -0.368. The van der Waals surface area contributed by atoms with E-state index in [1.165, 1.54) is 0 Å². The Kier molecular flexibility index (Phi) is 3.43. The third-order valence-electron chi connectivity index (χ3n) is 2.10. The Balaban J connectivity index is 2.16. The van der Waals surface area contributed by atoms with Gasteiger partial charge in [-0.2, -0.15) is 0 Å². The molecule has 0 atom stereocenters. The maximum absolute atomic E-state index is 11.9. The average molecular weight is 331 g/mol. The van der Waals surface area contributed by atoms with Gasteiger partial charge in [-0.15, -0.1) is 0 Å². The Labute approximate surface area is 114 Å². The molecule has 0 unspecified atom stereocenters. The normalized spacial score (nSPS) is 10.3. The summed E-state index contributed by atoms with van der Waals surface area (Å²) in [4.78, 5) is 25.6. The number of anilines is 1. The number of halogens is 1. The van der Waals surface area contributed by atoms with Crippen molar-refractivity contribution in [2.24, 2.45) is 7.05 Å². The smallest absolute Gasteiger partial charge is 0.345 e. The molecule has 2 aromatic rings. The maximum atomic E-state index is 11.9. The van der Waals surface area contributed by atoms with E-state index in [9.17, 15) is 14.9 Å². The first-order valence-electron chi connectivity index (χ1n) is 4.71. The second kappa shape index (κ2) is 4.86. The number of hydrogen-bond donors (Lipinski definition) is 1. The highest BCUT2D eigenvalue weighted by molar-refractivity contribution is 9.10. The van der Waals surface area contributed by atoms with Crippen LogP contribution in [-0.2, 0) is 7.05 Å². The average Bonchev–Trinajstić information content (AvgIpc) is 2.85. The molecule has 0 aliphatic carbocycles. The molecule has 0 fully saturated rings. The first-order valence-corrected chi connectivity index (χ1v) is 6.32. The Hall–Kier alpha value is -1.74. The standard InChI is InChI=1S/C9H7BrN4O3S/c1-13-4-5(10)2-6(13)8(15)12-9-11-3-7(18-9)14(16)17/h2-4H,1H3,(H,11,12,15). The van der Waals surface area contributed by atoms with E-state index in [-0.39, 0.29) is 16.0 Å². The number of hydrogen-bond acceptors (Lipinski definition) is 5. The minimum atomic E-state index is -0.549. The van der Waals surface area contributed by atoms with Crippen molar-refractivity contribution in [2.75, 3.05) is 5.32 Å². The van der Waals surface area contributed by atoms with Crippen LogP contribution in [0.4, 0.5) is 10.1 Å². The lowest BCUT2D eigenvalue weighted by Crippen LogP contribution is -2.14. The third kappa shape index (κ3) is 2.57. The number of nitrogens with zero attached hydrogens (tertiary/aromatic N) is 3. The molecule has 0 saturated heterocycles. The number of carbonyl (C=O) groups is 1. The van der Waals surface area contributed by atoms with Crippen LogP contribution in [0, 0.1) is 10.1 Å². The van der Waals surface area contributed by atoms with Gasteiger partial charge in [0.05, 0.1) is 4.92 Å². The number of amides is 1. The summed E-state index contributed by atoms with van der Waals surface area (Å²) in [7, 11) is 1.73. The highest BCUT2D eigenvalue weighted by Gasteiger charge is 2.16. The third-order valence-corrected chi connectivity index (χ3v) is 3.40. The van der Waals surface area contributed by atoms with Gasteiger partial charge < -0.3 is 4.57 Å². The fourth-order valence-electron chi connectivity index (χ4n) is 1.32. The first kappa shape index (κ1) is 12.7. The molecule has 0 aliphatic rings. The predicted octanol–water partition coefficient (Wildman–Crippen LogP) is 2.40. The molecule has 0 spiro atoms. The van der Waals surface area contributed by atoms with Gasteiger partial charge in [0.2, 0.25) is 0 Å². The molecule has 0 radical (unpaired) electrons. The van der Waals surface area contributed by atoms with Gasteiger partial charge in [-0.1, -0.05) is 0 Å². The van der Waals surface area contributed by atoms with Gasteiger partial charge >= 0.3 is 5.00 Å². The SMILES string of the molecule is Cn1cc(Br)cc1C(=O)Nc1ncc([N+](=O)[O-])s1. The highest BCUT2D eigenvalue weighted by Crippen LogP contribution is 2.25. The van der Waals surface area contributed by atoms with Crippen LogP contribution in [-0.4, -0.2) is 20.4 Å². The lowest BCUT2D eigenvalue weighted by molar-refractivity contribution is -0.380. The second-order valence-corrected chi connectivity index (χ2v) is 5.29. The van der Waals surface area contributed by atoms with Crippen LogP contribution < -0.4 is 5.32 Å². The summed E-state index contributed by atoms with van der Waals surface area (Å²) in [5.41, 5.74) is 0.430. The number of nitro groups is 1. The minimum absolute atomic E-state index is 0.113. The van der Waals surface area contributed by atoms with Gasteiger partial charge in [0, 0.05) is 17.7 Å². The van der Waals surface area contributed by atoms with Crippen molar-refractivity contribution >= 4 is 43.3 Å². The maximum Gasteiger partial charge on any atom is 0.345 e. The monoisotopic (exact) mass is 330 g/mol. The van der Waals surface area contributed by atoms with Gasteiger partial charge in [0.1, 0.15) is 11.9 Å². The second-order valence-electron chi connectivity index (χ2n) is 3.37. The molecule has 1 amide bonds. The molecule has 0 aromatic carbocycles. The van der Waals surface area contributed by atoms with Crippen LogP contribution >= 0.6 is 27.3 Å². The van der Waals surface area contributed by atoms with Crippen molar-refractivity contribution in [3.8, 4) is 0 Å². The molecule has 9 heteroatoms. The molecular weight excluding hydrogens is 324 g/mol. The minimum Gasteiger partial charge on any atom is -0.345 e. The van der Waals surface area contributed by atoms with Crippen molar-refractivity contribution in [1.82, 2.24) is 9.55 Å². The van der Waals surface area contributed by atoms with Gasteiger partial charge in [-0.3, -0.25) is 20.2 Å². The number of aromatic nitrogens is 2. The Bertz CT molecular complexity index is 621. The molecule has 18 heavy (non-hydrogen) atoms. The molecule has 2 aromatic heterocycles. The van der Waals surface area contributed by atoms with E-state index in [0.717, 1.165) is 22.0 Å². The Morgan fingerprint density at radius 1 is 1.67 bits per heavy atom. The predicted molar refractivity (Wildman–Crippen MR) is 69.8 cm³/mol. The first-order chi connectivity index (χ1) is 8.47. The van der Waals surface area contributed by atoms with Gasteiger partial charge in [0.15, 0.2) is 5.13 Å². The van der Waals surface area contributed by atoms with Gasteiger partial charge in [-0.05, 0) is 33.3 Å². The summed E-state index contributed by atoms with van der Waals surface area (Å²) in [5, 5.41) is 13.1. The molecule has 7 nitrogen and oxygen atoms in total. The summed E-state index contributed by atoms with van der Waals surface area (Å²) in [6.07, 6.45) is 2.85. The zero-order valence-corrected chi connectivity index (χ0v) is 11.5. The topological polar surface area (TPSA) is 90.1 Å². The van der Waals surface area contributed by atoms with E-state index in [4.69, 9.17) is 0 Å². The van der Waals surface area contributed by atoms with Crippen molar-refractivity contribution in [1.29, 1.82) is 0 Å². The lowest BCUT2D eigenvalue weighted by Gasteiger charge is -2.01. The molecule has 0 saturated carbocycles. The van der Waals surface area contributed by atoms with Crippen LogP contribution in [0.25, 0.3) is 0 Å². The lowest BCUT2D eigenvalue weighted by atomic mass is 10.4. The highest BCUT2D eigenvalue weighted by atomic mass is 79.9. The van der Waals surface area contributed by atoms with Crippen LogP contribution in [0.5, 0.6) is 0 Å². The van der Waals surface area contributed by atoms with Crippen molar-refractivity contribution < 1.29 is 9.72 Å². The fraction of sp³-hybridized carbons (Fsp3) is 0.111. The molecule has 1 N–H and O–H groups in total. The van der Waals surface area contributed by atoms with Crippen molar-refractivity contribution in [2.45, 2.75) is 0 Å². The van der Waals surface area contributed by atoms with Crippen LogP contribution in [0.15, 0.2) is 22.9 Å². The summed E-state index contributed by atoms with van der Waals surface area (Å²) < 4.78 is 2.42. The number of carbonyl (C=O) groups excluding carboxylic acids is 1. The summed E-state index contributed by atoms with van der Waals surface area (Å²) >= 11 is 4.07. The summed E-state index contributed by atoms with van der Waals surface area (Å²) in [6.45, 7) is 0. The zero-order chi connectivity index (χ0) is 13.3. The molecule has 0 aliphatic heterocycles. The van der Waals surface area contributed by atoms with E-state index in [0.29, 0.717) is 5.69 Å². The molecule has 94 valence electrons. The van der Waals surface area contributed by atoms with Crippen molar-refractivity contribution in [3.05, 3.63) is 38.7 Å². The van der Waals surface area contributed by atoms with E-state index in [2.05, 4.69) is 26.2 Å². The summed E-state index contributed by atoms with van der Waals surface area (Å²) in [6, 6.07) is 1.65. The van der Waals surface area contributed by atoms with E-state index < -0.39 is 4.92 Å². The Morgan fingerprint density at radius 3 is 2.89 bits per heavy atom. The van der Waals surface area contributed by atoms with Crippen molar-refractivity contribution in [3.63, 3.8) is 0 Å².